The quantitative estimate of drug-likeness (QED) is 0.707. The first-order chi connectivity index (χ1) is 6.06. The third-order valence-corrected chi connectivity index (χ3v) is 3.16. The van der Waals surface area contributed by atoms with E-state index in [0.717, 1.165) is 12.8 Å². The van der Waals surface area contributed by atoms with Crippen LogP contribution in [0.3, 0.4) is 0 Å². The van der Waals surface area contributed by atoms with Gasteiger partial charge in [-0.1, -0.05) is 13.8 Å². The van der Waals surface area contributed by atoms with Crippen LogP contribution in [-0.4, -0.2) is 35.6 Å². The number of likely N-dealkylation sites (tertiary alicyclic amines) is 1. The van der Waals surface area contributed by atoms with Crippen molar-refractivity contribution in [2.75, 3.05) is 13.6 Å². The number of nitrogens with zero attached hydrogens (tertiary/aromatic N) is 1. The molecule has 1 aliphatic rings. The topological polar surface area (TPSA) is 40.5 Å². The molecule has 0 radical (unpaired) electrons. The predicted molar refractivity (Wildman–Crippen MR) is 51.6 cm³/mol. The molecule has 0 bridgehead atoms. The first kappa shape index (κ1) is 10.5. The molecule has 0 aliphatic carbocycles. The Kier molecular flexibility index (Phi) is 3.31. The van der Waals surface area contributed by atoms with Crippen LogP contribution in [0.5, 0.6) is 0 Å². The maximum absolute atomic E-state index is 10.8. The minimum absolute atomic E-state index is 0.164. The molecule has 0 aromatic rings. The summed E-state index contributed by atoms with van der Waals surface area (Å²) >= 11 is 0. The predicted octanol–water partition coefficient (Wildman–Crippen LogP) is 1.44. The number of piperidine rings is 1. The van der Waals surface area contributed by atoms with E-state index in [0.29, 0.717) is 18.5 Å². The van der Waals surface area contributed by atoms with E-state index in [4.69, 9.17) is 5.11 Å². The molecule has 3 nitrogen and oxygen atoms in total. The number of rotatable bonds is 2. The van der Waals surface area contributed by atoms with Gasteiger partial charge in [0.25, 0.3) is 0 Å². The molecule has 1 aliphatic heterocycles. The van der Waals surface area contributed by atoms with Crippen LogP contribution in [0, 0.1) is 11.8 Å². The van der Waals surface area contributed by atoms with Crippen molar-refractivity contribution < 1.29 is 9.90 Å². The second kappa shape index (κ2) is 4.09. The summed E-state index contributed by atoms with van der Waals surface area (Å²) in [5.41, 5.74) is 0. The van der Waals surface area contributed by atoms with Crippen molar-refractivity contribution in [2.24, 2.45) is 11.8 Å². The lowest BCUT2D eigenvalue weighted by atomic mass is 9.83. The molecule has 1 saturated heterocycles. The van der Waals surface area contributed by atoms with Crippen molar-refractivity contribution in [1.82, 2.24) is 4.90 Å². The average Bonchev–Trinajstić information content (AvgIpc) is 2.03. The summed E-state index contributed by atoms with van der Waals surface area (Å²) < 4.78 is 0. The van der Waals surface area contributed by atoms with E-state index in [-0.39, 0.29) is 5.92 Å². The van der Waals surface area contributed by atoms with E-state index < -0.39 is 5.97 Å². The third-order valence-electron chi connectivity index (χ3n) is 3.16. The van der Waals surface area contributed by atoms with Gasteiger partial charge in [-0.05, 0) is 25.8 Å². The van der Waals surface area contributed by atoms with Crippen LogP contribution in [0.1, 0.15) is 26.7 Å². The van der Waals surface area contributed by atoms with Gasteiger partial charge in [0.2, 0.25) is 0 Å². The SMILES string of the molecule is CCC1C(C)CC(C(=O)O)CN1C. The second-order valence-corrected chi connectivity index (χ2v) is 4.16. The number of carboxylic acid groups (broad SMARTS) is 1. The summed E-state index contributed by atoms with van der Waals surface area (Å²) in [6.45, 7) is 5.02. The van der Waals surface area contributed by atoms with E-state index in [2.05, 4.69) is 18.7 Å². The fourth-order valence-electron chi connectivity index (χ4n) is 2.49. The maximum atomic E-state index is 10.8. The van der Waals surface area contributed by atoms with Crippen molar-refractivity contribution >= 4 is 5.97 Å². The smallest absolute Gasteiger partial charge is 0.307 e. The van der Waals surface area contributed by atoms with Gasteiger partial charge in [0.1, 0.15) is 0 Å². The molecule has 0 aromatic carbocycles. The van der Waals surface area contributed by atoms with E-state index in [1.807, 2.05) is 7.05 Å². The van der Waals surface area contributed by atoms with Crippen LogP contribution in [0.4, 0.5) is 0 Å². The summed E-state index contributed by atoms with van der Waals surface area (Å²) in [4.78, 5) is 13.0. The number of aliphatic carboxylic acids is 1. The van der Waals surface area contributed by atoms with Crippen molar-refractivity contribution in [2.45, 2.75) is 32.7 Å². The van der Waals surface area contributed by atoms with E-state index in [1.165, 1.54) is 0 Å². The number of carboxylic acids is 1. The lowest BCUT2D eigenvalue weighted by molar-refractivity contribution is -0.145. The Morgan fingerprint density at radius 3 is 2.62 bits per heavy atom. The summed E-state index contributed by atoms with van der Waals surface area (Å²) in [5, 5.41) is 8.91. The summed E-state index contributed by atoms with van der Waals surface area (Å²) in [6.07, 6.45) is 1.95. The van der Waals surface area contributed by atoms with Gasteiger partial charge >= 0.3 is 5.97 Å². The van der Waals surface area contributed by atoms with E-state index >= 15 is 0 Å². The van der Waals surface area contributed by atoms with Crippen LogP contribution >= 0.6 is 0 Å². The molecule has 1 heterocycles. The van der Waals surface area contributed by atoms with Crippen LogP contribution in [0.2, 0.25) is 0 Å². The van der Waals surface area contributed by atoms with Gasteiger partial charge in [0, 0.05) is 12.6 Å². The van der Waals surface area contributed by atoms with Gasteiger partial charge in [-0.3, -0.25) is 4.79 Å². The molecule has 1 rings (SSSR count). The standard InChI is InChI=1S/C10H19NO2/c1-4-9-7(2)5-8(10(12)13)6-11(9)3/h7-9H,4-6H2,1-3H3,(H,12,13). The minimum atomic E-state index is -0.645. The van der Waals surface area contributed by atoms with Crippen molar-refractivity contribution in [3.63, 3.8) is 0 Å². The molecule has 3 unspecified atom stereocenters. The Balaban J connectivity index is 2.61. The molecule has 1 fully saturated rings. The molecule has 0 aromatic heterocycles. The highest BCUT2D eigenvalue weighted by Gasteiger charge is 2.33. The van der Waals surface area contributed by atoms with Gasteiger partial charge in [-0.25, -0.2) is 0 Å². The molecular weight excluding hydrogens is 166 g/mol. The first-order valence-corrected chi connectivity index (χ1v) is 4.99. The fraction of sp³-hybridized carbons (Fsp3) is 0.900. The molecule has 0 amide bonds. The summed E-state index contributed by atoms with van der Waals surface area (Å²) in [7, 11) is 2.03. The first-order valence-electron chi connectivity index (χ1n) is 4.99. The Hall–Kier alpha value is -0.570. The molecule has 13 heavy (non-hydrogen) atoms. The second-order valence-electron chi connectivity index (χ2n) is 4.16. The van der Waals surface area contributed by atoms with Gasteiger partial charge in [0.05, 0.1) is 5.92 Å². The number of hydrogen-bond acceptors (Lipinski definition) is 2. The van der Waals surface area contributed by atoms with Crippen molar-refractivity contribution in [1.29, 1.82) is 0 Å². The van der Waals surface area contributed by atoms with Gasteiger partial charge in [-0.15, -0.1) is 0 Å². The molecular formula is C10H19NO2. The molecule has 3 atom stereocenters. The summed E-state index contributed by atoms with van der Waals surface area (Å²) in [5.74, 6) is -0.305. The summed E-state index contributed by atoms with van der Waals surface area (Å²) in [6, 6.07) is 0.565. The minimum Gasteiger partial charge on any atom is -0.481 e. The Labute approximate surface area is 79.7 Å². The van der Waals surface area contributed by atoms with Crippen LogP contribution in [0.25, 0.3) is 0 Å². The van der Waals surface area contributed by atoms with Crippen molar-refractivity contribution in [3.05, 3.63) is 0 Å². The molecule has 76 valence electrons. The Morgan fingerprint density at radius 2 is 2.23 bits per heavy atom. The molecule has 0 spiro atoms. The lowest BCUT2D eigenvalue weighted by Crippen LogP contribution is -2.47. The fourth-order valence-corrected chi connectivity index (χ4v) is 2.49. The highest BCUT2D eigenvalue weighted by atomic mass is 16.4. The number of hydrogen-bond donors (Lipinski definition) is 1. The lowest BCUT2D eigenvalue weighted by Gasteiger charge is -2.39. The molecule has 1 N–H and O–H groups in total. The van der Waals surface area contributed by atoms with Gasteiger partial charge in [0.15, 0.2) is 0 Å². The largest absolute Gasteiger partial charge is 0.481 e. The van der Waals surface area contributed by atoms with Crippen LogP contribution in [-0.2, 0) is 4.79 Å². The highest BCUT2D eigenvalue weighted by Crippen LogP contribution is 2.27. The average molecular weight is 185 g/mol. The zero-order chi connectivity index (χ0) is 10.0. The Bertz CT molecular complexity index is 181. The van der Waals surface area contributed by atoms with Crippen LogP contribution in [0.15, 0.2) is 0 Å². The third kappa shape index (κ3) is 2.21. The zero-order valence-corrected chi connectivity index (χ0v) is 8.66. The van der Waals surface area contributed by atoms with E-state index in [1.54, 1.807) is 0 Å². The normalized spacial score (nSPS) is 36.1. The Morgan fingerprint density at radius 1 is 1.62 bits per heavy atom. The molecule has 3 heteroatoms. The van der Waals surface area contributed by atoms with Gasteiger partial charge in [-0.2, -0.15) is 0 Å². The maximum Gasteiger partial charge on any atom is 0.307 e. The monoisotopic (exact) mass is 185 g/mol. The van der Waals surface area contributed by atoms with Crippen molar-refractivity contribution in [3.8, 4) is 0 Å². The zero-order valence-electron chi connectivity index (χ0n) is 8.66. The van der Waals surface area contributed by atoms with Gasteiger partial charge < -0.3 is 10.0 Å². The molecule has 0 saturated carbocycles. The van der Waals surface area contributed by atoms with Crippen LogP contribution < -0.4 is 0 Å². The highest BCUT2D eigenvalue weighted by molar-refractivity contribution is 5.70. The van der Waals surface area contributed by atoms with E-state index in [9.17, 15) is 4.79 Å². The number of carbonyl (C=O) groups is 1.